The number of methoxy groups -OCH3 is 1. The molecule has 86 valence electrons. The molecule has 1 rings (SSSR count). The number of aromatic nitrogens is 2. The van der Waals surface area contributed by atoms with Crippen molar-refractivity contribution >= 4 is 11.9 Å². The molecule has 0 aliphatic carbocycles. The molecular weight excluding hydrogens is 214 g/mol. The molecule has 0 aliphatic heterocycles. The third-order valence-corrected chi connectivity index (χ3v) is 1.75. The average Bonchev–Trinajstić information content (AvgIpc) is 2.29. The van der Waals surface area contributed by atoms with E-state index in [0.717, 1.165) is 6.20 Å². The molecule has 0 aromatic carbocycles. The Labute approximate surface area is 90.8 Å². The lowest BCUT2D eigenvalue weighted by Gasteiger charge is -2.02. The van der Waals surface area contributed by atoms with Crippen molar-refractivity contribution < 1.29 is 14.3 Å². The van der Waals surface area contributed by atoms with Crippen molar-refractivity contribution in [3.63, 3.8) is 0 Å². The van der Waals surface area contributed by atoms with Gasteiger partial charge in [0.15, 0.2) is 0 Å². The van der Waals surface area contributed by atoms with Gasteiger partial charge in [0.05, 0.1) is 19.7 Å². The summed E-state index contributed by atoms with van der Waals surface area (Å²) in [5, 5.41) is 2.46. The van der Waals surface area contributed by atoms with Crippen molar-refractivity contribution in [2.45, 2.75) is 6.42 Å². The van der Waals surface area contributed by atoms with Crippen LogP contribution in [0.4, 0.5) is 0 Å². The van der Waals surface area contributed by atoms with E-state index in [0.29, 0.717) is 0 Å². The lowest BCUT2D eigenvalue weighted by Crippen LogP contribution is -2.27. The van der Waals surface area contributed by atoms with Gasteiger partial charge in [0, 0.05) is 12.7 Å². The zero-order valence-electron chi connectivity index (χ0n) is 8.65. The highest BCUT2D eigenvalue weighted by molar-refractivity contribution is 5.92. The molecule has 0 saturated heterocycles. The van der Waals surface area contributed by atoms with Crippen LogP contribution in [0.1, 0.15) is 16.9 Å². The molecule has 0 spiro atoms. The van der Waals surface area contributed by atoms with E-state index in [4.69, 9.17) is 0 Å². The molecule has 7 heteroatoms. The minimum atomic E-state index is -0.458. The van der Waals surface area contributed by atoms with Crippen LogP contribution in [0, 0.1) is 0 Å². The molecule has 1 amide bonds. The van der Waals surface area contributed by atoms with E-state index >= 15 is 0 Å². The predicted octanol–water partition coefficient (Wildman–Crippen LogP) is -0.937. The quantitative estimate of drug-likeness (QED) is 0.644. The molecule has 1 aromatic heterocycles. The number of hydrogen-bond donors (Lipinski definition) is 2. The second-order valence-electron chi connectivity index (χ2n) is 2.88. The zero-order chi connectivity index (χ0) is 12.0. The maximum absolute atomic E-state index is 11.4. The van der Waals surface area contributed by atoms with Crippen molar-refractivity contribution in [2.24, 2.45) is 0 Å². The molecule has 0 radical (unpaired) electrons. The van der Waals surface area contributed by atoms with Crippen molar-refractivity contribution in [3.05, 3.63) is 28.4 Å². The van der Waals surface area contributed by atoms with E-state index in [1.165, 1.54) is 13.3 Å². The highest BCUT2D eigenvalue weighted by atomic mass is 16.5. The van der Waals surface area contributed by atoms with Gasteiger partial charge in [-0.3, -0.25) is 14.4 Å². The molecule has 0 atom stereocenters. The van der Waals surface area contributed by atoms with E-state index < -0.39 is 11.9 Å². The van der Waals surface area contributed by atoms with Crippen molar-refractivity contribution in [1.82, 2.24) is 15.3 Å². The van der Waals surface area contributed by atoms with Crippen LogP contribution < -0.4 is 10.9 Å². The molecule has 1 heterocycles. The Morgan fingerprint density at radius 1 is 1.56 bits per heavy atom. The van der Waals surface area contributed by atoms with Gasteiger partial charge >= 0.3 is 5.97 Å². The van der Waals surface area contributed by atoms with Crippen LogP contribution >= 0.6 is 0 Å². The van der Waals surface area contributed by atoms with E-state index in [-0.39, 0.29) is 24.2 Å². The number of rotatable bonds is 4. The summed E-state index contributed by atoms with van der Waals surface area (Å²) < 4.78 is 4.40. The van der Waals surface area contributed by atoms with Gasteiger partial charge in [-0.2, -0.15) is 0 Å². The van der Waals surface area contributed by atoms with Crippen LogP contribution in [-0.2, 0) is 9.53 Å². The molecule has 0 aliphatic rings. The third-order valence-electron chi connectivity index (χ3n) is 1.75. The number of nitrogens with one attached hydrogen (secondary N) is 2. The SMILES string of the molecule is COC(=O)CCNC(=O)c1c[nH]c(=O)cn1. The molecule has 16 heavy (non-hydrogen) atoms. The monoisotopic (exact) mass is 225 g/mol. The van der Waals surface area contributed by atoms with Crippen LogP contribution in [0.5, 0.6) is 0 Å². The van der Waals surface area contributed by atoms with Gasteiger partial charge in [0.25, 0.3) is 11.5 Å². The second-order valence-corrected chi connectivity index (χ2v) is 2.88. The van der Waals surface area contributed by atoms with E-state index in [1.807, 2.05) is 0 Å². The number of H-pyrrole nitrogens is 1. The zero-order valence-corrected chi connectivity index (χ0v) is 8.65. The summed E-state index contributed by atoms with van der Waals surface area (Å²) in [6, 6.07) is 0. The number of esters is 1. The third kappa shape index (κ3) is 3.52. The Kier molecular flexibility index (Phi) is 4.19. The van der Waals surface area contributed by atoms with Crippen LogP contribution in [-0.4, -0.2) is 35.5 Å². The van der Waals surface area contributed by atoms with Gasteiger partial charge < -0.3 is 15.0 Å². The predicted molar refractivity (Wildman–Crippen MR) is 53.8 cm³/mol. The summed E-state index contributed by atoms with van der Waals surface area (Å²) >= 11 is 0. The first-order valence-electron chi connectivity index (χ1n) is 4.53. The number of hydrogen-bond acceptors (Lipinski definition) is 5. The van der Waals surface area contributed by atoms with Gasteiger partial charge in [-0.25, -0.2) is 4.98 Å². The first kappa shape index (κ1) is 11.9. The van der Waals surface area contributed by atoms with E-state index in [1.54, 1.807) is 0 Å². The van der Waals surface area contributed by atoms with E-state index in [9.17, 15) is 14.4 Å². The van der Waals surface area contributed by atoms with Gasteiger partial charge in [-0.1, -0.05) is 0 Å². The molecule has 7 nitrogen and oxygen atoms in total. The Hall–Kier alpha value is -2.18. The summed E-state index contributed by atoms with van der Waals surface area (Å²) in [6.07, 6.45) is 2.30. The molecule has 2 N–H and O–H groups in total. The smallest absolute Gasteiger partial charge is 0.307 e. The van der Waals surface area contributed by atoms with Gasteiger partial charge in [0.1, 0.15) is 5.69 Å². The summed E-state index contributed by atoms with van der Waals surface area (Å²) in [7, 11) is 1.27. The highest BCUT2D eigenvalue weighted by Crippen LogP contribution is 1.88. The molecule has 0 bridgehead atoms. The van der Waals surface area contributed by atoms with Crippen molar-refractivity contribution in [3.8, 4) is 0 Å². The summed E-state index contributed by atoms with van der Waals surface area (Å²) in [4.78, 5) is 38.7. The second kappa shape index (κ2) is 5.64. The Morgan fingerprint density at radius 3 is 2.88 bits per heavy atom. The number of aromatic amines is 1. The molecule has 0 unspecified atom stereocenters. The molecular formula is C9H11N3O4. The van der Waals surface area contributed by atoms with Crippen molar-refractivity contribution in [1.29, 1.82) is 0 Å². The van der Waals surface area contributed by atoms with Gasteiger partial charge in [-0.15, -0.1) is 0 Å². The first-order chi connectivity index (χ1) is 7.63. The van der Waals surface area contributed by atoms with Crippen LogP contribution in [0.15, 0.2) is 17.2 Å². The molecule has 0 fully saturated rings. The fourth-order valence-electron chi connectivity index (χ4n) is 0.937. The summed E-state index contributed by atoms with van der Waals surface area (Å²) in [6.45, 7) is 0.159. The maximum Gasteiger partial charge on any atom is 0.307 e. The summed E-state index contributed by atoms with van der Waals surface area (Å²) in [5.41, 5.74) is -0.296. The first-order valence-corrected chi connectivity index (χ1v) is 4.53. The maximum atomic E-state index is 11.4. The highest BCUT2D eigenvalue weighted by Gasteiger charge is 2.07. The summed E-state index contributed by atoms with van der Waals surface area (Å²) in [5.74, 6) is -0.866. The largest absolute Gasteiger partial charge is 0.469 e. The number of carbonyl (C=O) groups excluding carboxylic acids is 2. The Balaban J connectivity index is 2.44. The van der Waals surface area contributed by atoms with E-state index in [2.05, 4.69) is 20.0 Å². The number of nitrogens with zero attached hydrogens (tertiary/aromatic N) is 1. The Bertz CT molecular complexity index is 420. The lowest BCUT2D eigenvalue weighted by atomic mass is 10.4. The fraction of sp³-hybridized carbons (Fsp3) is 0.333. The van der Waals surface area contributed by atoms with Crippen molar-refractivity contribution in [2.75, 3.05) is 13.7 Å². The molecule has 1 aromatic rings. The number of amides is 1. The van der Waals surface area contributed by atoms with Crippen LogP contribution in [0.2, 0.25) is 0 Å². The standard InChI is InChI=1S/C9H11N3O4/c1-16-8(14)2-3-10-9(15)6-4-12-7(13)5-11-6/h4-5H,2-3H2,1H3,(H,10,15)(H,12,13). The minimum Gasteiger partial charge on any atom is -0.469 e. The Morgan fingerprint density at radius 2 is 2.31 bits per heavy atom. The normalized spacial score (nSPS) is 9.56. The average molecular weight is 225 g/mol. The van der Waals surface area contributed by atoms with Crippen LogP contribution in [0.25, 0.3) is 0 Å². The molecule has 0 saturated carbocycles. The van der Waals surface area contributed by atoms with Crippen LogP contribution in [0.3, 0.4) is 0 Å². The number of ether oxygens (including phenoxy) is 1. The minimum absolute atomic E-state index is 0.0875. The number of carbonyl (C=O) groups is 2. The lowest BCUT2D eigenvalue weighted by molar-refractivity contribution is -0.140. The fourth-order valence-corrected chi connectivity index (χ4v) is 0.937. The van der Waals surface area contributed by atoms with Gasteiger partial charge in [0.2, 0.25) is 0 Å². The van der Waals surface area contributed by atoms with Gasteiger partial charge in [-0.05, 0) is 0 Å². The topological polar surface area (TPSA) is 101 Å².